The van der Waals surface area contributed by atoms with Crippen LogP contribution < -0.4 is 0 Å². The molecule has 1 unspecified atom stereocenters. The van der Waals surface area contributed by atoms with E-state index in [2.05, 4.69) is 10.9 Å². The van der Waals surface area contributed by atoms with Crippen molar-refractivity contribution in [2.45, 2.75) is 25.8 Å². The number of pyridine rings is 1. The molecular formula is C19H18N2O. The summed E-state index contributed by atoms with van der Waals surface area (Å²) < 4.78 is 0. The highest BCUT2D eigenvalue weighted by atomic mass is 16.2. The second-order valence-electron chi connectivity index (χ2n) is 5.61. The lowest BCUT2D eigenvalue weighted by Gasteiger charge is -2.25. The van der Waals surface area contributed by atoms with Crippen LogP contribution in [-0.2, 0) is 0 Å². The average molecular weight is 290 g/mol. The summed E-state index contributed by atoms with van der Waals surface area (Å²) in [5, 5.41) is 0. The summed E-state index contributed by atoms with van der Waals surface area (Å²) in [6.07, 6.45) is 9.10. The molecule has 0 aliphatic carbocycles. The van der Waals surface area contributed by atoms with Crippen molar-refractivity contribution < 1.29 is 4.79 Å². The molecule has 0 spiro atoms. The van der Waals surface area contributed by atoms with Crippen molar-refractivity contribution in [3.63, 3.8) is 0 Å². The number of likely N-dealkylation sites (tertiary alicyclic amines) is 1. The molecule has 1 fully saturated rings. The van der Waals surface area contributed by atoms with Gasteiger partial charge in [-0.1, -0.05) is 18.1 Å². The van der Waals surface area contributed by atoms with E-state index in [1.165, 1.54) is 0 Å². The highest BCUT2D eigenvalue weighted by Crippen LogP contribution is 2.33. The van der Waals surface area contributed by atoms with Gasteiger partial charge in [-0.15, -0.1) is 6.42 Å². The number of carbonyl (C=O) groups is 1. The largest absolute Gasteiger partial charge is 0.332 e. The van der Waals surface area contributed by atoms with Crippen LogP contribution in [0, 0.1) is 19.3 Å². The van der Waals surface area contributed by atoms with Crippen LogP contribution in [0.15, 0.2) is 42.6 Å². The smallest absolute Gasteiger partial charge is 0.254 e. The first-order chi connectivity index (χ1) is 10.7. The number of hydrogen-bond acceptors (Lipinski definition) is 2. The van der Waals surface area contributed by atoms with Gasteiger partial charge in [0.15, 0.2) is 0 Å². The minimum absolute atomic E-state index is 0.0778. The van der Waals surface area contributed by atoms with E-state index in [1.54, 1.807) is 12.3 Å². The molecule has 1 amide bonds. The Bertz CT molecular complexity index is 728. The van der Waals surface area contributed by atoms with Gasteiger partial charge in [0.05, 0.1) is 6.04 Å². The third kappa shape index (κ3) is 2.73. The molecule has 1 aliphatic heterocycles. The molecule has 1 saturated heterocycles. The van der Waals surface area contributed by atoms with Crippen LogP contribution in [0.4, 0.5) is 0 Å². The fraction of sp³-hybridized carbons (Fsp3) is 0.263. The second-order valence-corrected chi connectivity index (χ2v) is 5.61. The number of aromatic nitrogens is 1. The maximum atomic E-state index is 12.8. The summed E-state index contributed by atoms with van der Waals surface area (Å²) in [4.78, 5) is 18.9. The molecule has 1 atom stereocenters. The van der Waals surface area contributed by atoms with Gasteiger partial charge in [-0.2, -0.15) is 0 Å². The van der Waals surface area contributed by atoms with Gasteiger partial charge in [0, 0.05) is 29.6 Å². The van der Waals surface area contributed by atoms with Gasteiger partial charge < -0.3 is 4.90 Å². The lowest BCUT2D eigenvalue weighted by Crippen LogP contribution is -2.30. The third-order valence-electron chi connectivity index (χ3n) is 4.12. The van der Waals surface area contributed by atoms with E-state index >= 15 is 0 Å². The summed E-state index contributed by atoms with van der Waals surface area (Å²) >= 11 is 0. The van der Waals surface area contributed by atoms with Crippen molar-refractivity contribution in [2.24, 2.45) is 0 Å². The van der Waals surface area contributed by atoms with Crippen molar-refractivity contribution >= 4 is 5.91 Å². The van der Waals surface area contributed by atoms with Gasteiger partial charge in [-0.05, 0) is 49.6 Å². The number of carbonyl (C=O) groups excluding carboxylic acids is 1. The summed E-state index contributed by atoms with van der Waals surface area (Å²) in [5.41, 5.74) is 3.58. The summed E-state index contributed by atoms with van der Waals surface area (Å²) in [6, 6.07) is 11.7. The Kier molecular flexibility index (Phi) is 3.93. The van der Waals surface area contributed by atoms with Crippen LogP contribution in [0.2, 0.25) is 0 Å². The Morgan fingerprint density at radius 1 is 1.32 bits per heavy atom. The highest BCUT2D eigenvalue weighted by molar-refractivity contribution is 5.94. The molecule has 0 N–H and O–H groups in total. The number of nitrogens with zero attached hydrogens (tertiary/aromatic N) is 2. The topological polar surface area (TPSA) is 33.2 Å². The highest BCUT2D eigenvalue weighted by Gasteiger charge is 2.30. The Morgan fingerprint density at radius 2 is 2.09 bits per heavy atom. The van der Waals surface area contributed by atoms with Crippen LogP contribution in [0.5, 0.6) is 0 Å². The predicted octanol–water partition coefficient (Wildman–Crippen LogP) is 3.35. The van der Waals surface area contributed by atoms with Crippen LogP contribution >= 0.6 is 0 Å². The average Bonchev–Trinajstić information content (AvgIpc) is 3.04. The standard InChI is InChI=1S/C19H18N2O/c1-3-15-6-8-16(9-7-15)18-5-4-12-21(18)19(22)17-10-11-20-14(2)13-17/h1,6-11,13,18H,4-5,12H2,2H3. The van der Waals surface area contributed by atoms with E-state index in [1.807, 2.05) is 42.2 Å². The molecule has 22 heavy (non-hydrogen) atoms. The predicted molar refractivity (Wildman–Crippen MR) is 86.4 cm³/mol. The van der Waals surface area contributed by atoms with Crippen molar-refractivity contribution in [3.8, 4) is 12.3 Å². The van der Waals surface area contributed by atoms with Crippen LogP contribution in [0.25, 0.3) is 0 Å². The van der Waals surface area contributed by atoms with Crippen molar-refractivity contribution in [1.29, 1.82) is 0 Å². The van der Waals surface area contributed by atoms with Crippen LogP contribution in [0.3, 0.4) is 0 Å². The first kappa shape index (κ1) is 14.3. The van der Waals surface area contributed by atoms with E-state index in [0.717, 1.165) is 36.2 Å². The minimum atomic E-state index is 0.0778. The molecule has 0 bridgehead atoms. The normalized spacial score (nSPS) is 17.3. The third-order valence-corrected chi connectivity index (χ3v) is 4.12. The molecule has 1 aliphatic rings. The van der Waals surface area contributed by atoms with Crippen LogP contribution in [-0.4, -0.2) is 22.3 Å². The van der Waals surface area contributed by atoms with Gasteiger partial charge in [0.1, 0.15) is 0 Å². The second kappa shape index (κ2) is 6.03. The van der Waals surface area contributed by atoms with E-state index in [0.29, 0.717) is 5.56 Å². The molecule has 1 aromatic heterocycles. The van der Waals surface area contributed by atoms with Gasteiger partial charge in [0.25, 0.3) is 5.91 Å². The van der Waals surface area contributed by atoms with E-state index in [4.69, 9.17) is 6.42 Å². The number of terminal acetylenes is 1. The number of hydrogen-bond donors (Lipinski definition) is 0. The van der Waals surface area contributed by atoms with Gasteiger partial charge in [-0.25, -0.2) is 0 Å². The zero-order valence-electron chi connectivity index (χ0n) is 12.6. The SMILES string of the molecule is C#Cc1ccc(C2CCCN2C(=O)c2ccnc(C)c2)cc1. The Morgan fingerprint density at radius 3 is 2.77 bits per heavy atom. The molecular weight excluding hydrogens is 272 g/mol. The van der Waals surface area contributed by atoms with Crippen LogP contribution in [0.1, 0.15) is 46.1 Å². The van der Waals surface area contributed by atoms with Gasteiger partial charge in [-0.3, -0.25) is 9.78 Å². The Labute approximate surface area is 131 Å². The lowest BCUT2D eigenvalue weighted by molar-refractivity contribution is 0.0735. The van der Waals surface area contributed by atoms with Crippen molar-refractivity contribution in [3.05, 3.63) is 65.0 Å². The fourth-order valence-electron chi connectivity index (χ4n) is 3.00. The quantitative estimate of drug-likeness (QED) is 0.795. The van der Waals surface area contributed by atoms with E-state index in [-0.39, 0.29) is 11.9 Å². The minimum Gasteiger partial charge on any atom is -0.332 e. The maximum Gasteiger partial charge on any atom is 0.254 e. The molecule has 2 aromatic rings. The number of aryl methyl sites for hydroxylation is 1. The molecule has 2 heterocycles. The van der Waals surface area contributed by atoms with E-state index < -0.39 is 0 Å². The zero-order chi connectivity index (χ0) is 15.5. The number of rotatable bonds is 2. The van der Waals surface area contributed by atoms with Crippen molar-refractivity contribution in [1.82, 2.24) is 9.88 Å². The monoisotopic (exact) mass is 290 g/mol. The fourth-order valence-corrected chi connectivity index (χ4v) is 3.00. The summed E-state index contributed by atoms with van der Waals surface area (Å²) in [7, 11) is 0. The number of amides is 1. The molecule has 3 rings (SSSR count). The first-order valence-corrected chi connectivity index (χ1v) is 7.49. The van der Waals surface area contributed by atoms with E-state index in [9.17, 15) is 4.79 Å². The lowest BCUT2D eigenvalue weighted by atomic mass is 10.0. The summed E-state index contributed by atoms with van der Waals surface area (Å²) in [6.45, 7) is 2.69. The Hall–Kier alpha value is -2.60. The van der Waals surface area contributed by atoms with Crippen molar-refractivity contribution in [2.75, 3.05) is 6.54 Å². The molecule has 0 saturated carbocycles. The van der Waals surface area contributed by atoms with Gasteiger partial charge in [0.2, 0.25) is 0 Å². The molecule has 3 nitrogen and oxygen atoms in total. The Balaban J connectivity index is 1.86. The zero-order valence-corrected chi connectivity index (χ0v) is 12.6. The molecule has 1 aromatic carbocycles. The maximum absolute atomic E-state index is 12.8. The molecule has 110 valence electrons. The summed E-state index contributed by atoms with van der Waals surface area (Å²) in [5.74, 6) is 2.70. The molecule has 0 radical (unpaired) electrons. The number of benzene rings is 1. The first-order valence-electron chi connectivity index (χ1n) is 7.49. The molecule has 3 heteroatoms. The van der Waals surface area contributed by atoms with Gasteiger partial charge >= 0.3 is 0 Å².